The van der Waals surface area contributed by atoms with E-state index in [2.05, 4.69) is 10.3 Å². The Morgan fingerprint density at radius 3 is 2.72 bits per heavy atom. The van der Waals surface area contributed by atoms with E-state index < -0.39 is 0 Å². The molecule has 2 rings (SSSR count). The Morgan fingerprint density at radius 2 is 2.06 bits per heavy atom. The summed E-state index contributed by atoms with van der Waals surface area (Å²) >= 11 is 0. The van der Waals surface area contributed by atoms with E-state index in [1.165, 1.54) is 0 Å². The molecule has 4 N–H and O–H groups in total. The Bertz CT molecular complexity index is 564. The molecule has 0 saturated heterocycles. The molecule has 2 aromatic rings. The zero-order chi connectivity index (χ0) is 13.3. The lowest BCUT2D eigenvalue weighted by Crippen LogP contribution is -2.47. The molecule has 1 aromatic heterocycles. The molecule has 96 valence electrons. The van der Waals surface area contributed by atoms with Crippen LogP contribution in [0.2, 0.25) is 0 Å². The van der Waals surface area contributed by atoms with E-state index in [9.17, 15) is 5.11 Å². The highest BCUT2D eigenvalue weighted by Crippen LogP contribution is 2.27. The number of phenols is 1. The third-order valence-corrected chi connectivity index (χ3v) is 3.33. The number of nitrogens with one attached hydrogen (secondary N) is 1. The number of hydrogen-bond acceptors (Lipinski definition) is 4. The van der Waals surface area contributed by atoms with Gasteiger partial charge in [-0.2, -0.15) is 0 Å². The molecule has 0 bridgehead atoms. The average Bonchev–Trinajstić information content (AvgIpc) is 2.29. The van der Waals surface area contributed by atoms with Crippen LogP contribution in [0.1, 0.15) is 20.8 Å². The molecule has 0 aliphatic rings. The molecule has 0 aliphatic heterocycles. The van der Waals surface area contributed by atoms with Gasteiger partial charge in [0.1, 0.15) is 11.6 Å². The number of aromatic nitrogens is 1. The van der Waals surface area contributed by atoms with Crippen molar-refractivity contribution in [2.45, 2.75) is 32.4 Å². The van der Waals surface area contributed by atoms with Crippen molar-refractivity contribution in [2.24, 2.45) is 5.73 Å². The number of phenolic OH excluding ortho intramolecular Hbond substituents is 1. The van der Waals surface area contributed by atoms with Gasteiger partial charge in [0.2, 0.25) is 0 Å². The van der Waals surface area contributed by atoms with Gasteiger partial charge in [-0.05, 0) is 44.4 Å². The summed E-state index contributed by atoms with van der Waals surface area (Å²) in [4.78, 5) is 4.34. The molecule has 1 aromatic carbocycles. The molecule has 4 heteroatoms. The monoisotopic (exact) mass is 245 g/mol. The van der Waals surface area contributed by atoms with Crippen molar-refractivity contribution in [3.8, 4) is 5.75 Å². The summed E-state index contributed by atoms with van der Waals surface area (Å²) in [5, 5.41) is 14.9. The SMILES string of the molecule is CC(N)C(C)(C)Nc1nccc2ccc(O)cc12. The van der Waals surface area contributed by atoms with Gasteiger partial charge >= 0.3 is 0 Å². The summed E-state index contributed by atoms with van der Waals surface area (Å²) in [5.74, 6) is 0.975. The molecule has 0 amide bonds. The Morgan fingerprint density at radius 1 is 1.33 bits per heavy atom. The van der Waals surface area contributed by atoms with Gasteiger partial charge in [0.05, 0.1) is 0 Å². The van der Waals surface area contributed by atoms with Crippen LogP contribution in [0.3, 0.4) is 0 Å². The first kappa shape index (κ1) is 12.6. The maximum atomic E-state index is 9.58. The van der Waals surface area contributed by atoms with E-state index in [-0.39, 0.29) is 17.3 Å². The zero-order valence-corrected chi connectivity index (χ0v) is 10.9. The molecule has 0 saturated carbocycles. The van der Waals surface area contributed by atoms with Crippen LogP contribution >= 0.6 is 0 Å². The largest absolute Gasteiger partial charge is 0.508 e. The minimum Gasteiger partial charge on any atom is -0.508 e. The van der Waals surface area contributed by atoms with Crippen LogP contribution in [0.4, 0.5) is 5.82 Å². The third-order valence-electron chi connectivity index (χ3n) is 3.33. The van der Waals surface area contributed by atoms with Gasteiger partial charge in [-0.25, -0.2) is 4.98 Å². The maximum Gasteiger partial charge on any atom is 0.134 e. The summed E-state index contributed by atoms with van der Waals surface area (Å²) in [7, 11) is 0. The first-order valence-corrected chi connectivity index (χ1v) is 6.01. The van der Waals surface area contributed by atoms with Gasteiger partial charge in [-0.3, -0.25) is 0 Å². The second-order valence-corrected chi connectivity index (χ2v) is 5.20. The number of rotatable bonds is 3. The van der Waals surface area contributed by atoms with Crippen molar-refractivity contribution >= 4 is 16.6 Å². The molecule has 4 nitrogen and oxygen atoms in total. The highest BCUT2D eigenvalue weighted by atomic mass is 16.3. The summed E-state index contributed by atoms with van der Waals surface area (Å²) in [6, 6.07) is 7.15. The predicted molar refractivity (Wildman–Crippen MR) is 74.8 cm³/mol. The van der Waals surface area contributed by atoms with Crippen molar-refractivity contribution in [3.63, 3.8) is 0 Å². The predicted octanol–water partition coefficient (Wildman–Crippen LogP) is 2.48. The minimum absolute atomic E-state index is 0.0214. The second kappa shape index (κ2) is 4.46. The lowest BCUT2D eigenvalue weighted by Gasteiger charge is -2.31. The smallest absolute Gasteiger partial charge is 0.134 e. The average molecular weight is 245 g/mol. The number of aromatic hydroxyl groups is 1. The van der Waals surface area contributed by atoms with Crippen molar-refractivity contribution in [1.82, 2.24) is 4.98 Å². The molecule has 1 unspecified atom stereocenters. The molecule has 1 atom stereocenters. The molecule has 0 spiro atoms. The number of nitrogens with two attached hydrogens (primary N) is 1. The van der Waals surface area contributed by atoms with Gasteiger partial charge in [-0.1, -0.05) is 6.07 Å². The van der Waals surface area contributed by atoms with Crippen LogP contribution < -0.4 is 11.1 Å². The van der Waals surface area contributed by atoms with Gasteiger partial charge in [0.25, 0.3) is 0 Å². The topological polar surface area (TPSA) is 71.2 Å². The fraction of sp³-hybridized carbons (Fsp3) is 0.357. The second-order valence-electron chi connectivity index (χ2n) is 5.20. The Labute approximate surface area is 107 Å². The molecule has 1 heterocycles. The van der Waals surface area contributed by atoms with Crippen molar-refractivity contribution < 1.29 is 5.11 Å². The van der Waals surface area contributed by atoms with Gasteiger partial charge in [0, 0.05) is 23.2 Å². The normalized spacial score (nSPS) is 13.6. The molecular weight excluding hydrogens is 226 g/mol. The van der Waals surface area contributed by atoms with Crippen LogP contribution in [-0.4, -0.2) is 21.7 Å². The van der Waals surface area contributed by atoms with E-state index in [1.54, 1.807) is 18.3 Å². The summed E-state index contributed by atoms with van der Waals surface area (Å²) < 4.78 is 0. The number of hydrogen-bond donors (Lipinski definition) is 3. The summed E-state index contributed by atoms with van der Waals surface area (Å²) in [6.45, 7) is 6.01. The number of benzene rings is 1. The third kappa shape index (κ3) is 2.38. The van der Waals surface area contributed by atoms with Gasteiger partial charge < -0.3 is 16.2 Å². The number of fused-ring (bicyclic) bond motifs is 1. The van der Waals surface area contributed by atoms with E-state index in [0.29, 0.717) is 0 Å². The first-order valence-electron chi connectivity index (χ1n) is 6.01. The molecule has 0 fully saturated rings. The van der Waals surface area contributed by atoms with E-state index in [4.69, 9.17) is 5.73 Å². The molecule has 18 heavy (non-hydrogen) atoms. The van der Waals surface area contributed by atoms with Gasteiger partial charge in [0.15, 0.2) is 0 Å². The molecule has 0 radical (unpaired) electrons. The number of anilines is 1. The van der Waals surface area contributed by atoms with Crippen LogP contribution in [0.25, 0.3) is 10.8 Å². The van der Waals surface area contributed by atoms with Crippen molar-refractivity contribution in [1.29, 1.82) is 0 Å². The lowest BCUT2D eigenvalue weighted by atomic mass is 9.96. The number of nitrogens with zero attached hydrogens (tertiary/aromatic N) is 1. The van der Waals surface area contributed by atoms with Crippen LogP contribution in [0, 0.1) is 0 Å². The first-order chi connectivity index (χ1) is 8.40. The standard InChI is InChI=1S/C14H19N3O/c1-9(15)14(2,3)17-13-12-8-11(18)5-4-10(12)6-7-16-13/h4-9,18H,15H2,1-3H3,(H,16,17). The quantitative estimate of drug-likeness (QED) is 0.777. The summed E-state index contributed by atoms with van der Waals surface area (Å²) in [6.07, 6.45) is 1.75. The van der Waals surface area contributed by atoms with Crippen LogP contribution in [0.15, 0.2) is 30.5 Å². The van der Waals surface area contributed by atoms with E-state index in [0.717, 1.165) is 16.6 Å². The molecule has 0 aliphatic carbocycles. The van der Waals surface area contributed by atoms with Crippen LogP contribution in [-0.2, 0) is 0 Å². The highest BCUT2D eigenvalue weighted by Gasteiger charge is 2.23. The van der Waals surface area contributed by atoms with Gasteiger partial charge in [-0.15, -0.1) is 0 Å². The Hall–Kier alpha value is -1.81. The zero-order valence-electron chi connectivity index (χ0n) is 10.9. The number of pyridine rings is 1. The minimum atomic E-state index is -0.271. The Balaban J connectivity index is 2.48. The maximum absolute atomic E-state index is 9.58. The highest BCUT2D eigenvalue weighted by molar-refractivity contribution is 5.92. The molecular formula is C14H19N3O. The van der Waals surface area contributed by atoms with Crippen molar-refractivity contribution in [3.05, 3.63) is 30.5 Å². The summed E-state index contributed by atoms with van der Waals surface area (Å²) in [5.41, 5.74) is 5.68. The fourth-order valence-electron chi connectivity index (χ4n) is 1.67. The van der Waals surface area contributed by atoms with E-state index >= 15 is 0 Å². The van der Waals surface area contributed by atoms with Crippen LogP contribution in [0.5, 0.6) is 5.75 Å². The lowest BCUT2D eigenvalue weighted by molar-refractivity contribution is 0.469. The Kier molecular flexibility index (Phi) is 3.13. The fourth-order valence-corrected chi connectivity index (χ4v) is 1.67. The van der Waals surface area contributed by atoms with Crippen molar-refractivity contribution in [2.75, 3.05) is 5.32 Å². The van der Waals surface area contributed by atoms with E-state index in [1.807, 2.05) is 32.9 Å².